The summed E-state index contributed by atoms with van der Waals surface area (Å²) in [5.74, 6) is 0.749. The first-order valence-electron chi connectivity index (χ1n) is 5.36. The zero-order valence-electron chi connectivity index (χ0n) is 9.55. The number of aromatic hydroxyl groups is 1. The van der Waals surface area contributed by atoms with Gasteiger partial charge in [0.25, 0.3) is 0 Å². The van der Waals surface area contributed by atoms with Crippen molar-refractivity contribution in [2.24, 2.45) is 0 Å². The monoisotopic (exact) mass is 230 g/mol. The number of benzene rings is 1. The second kappa shape index (κ2) is 5.32. The molecular weight excluding hydrogens is 216 g/mol. The molecule has 2 aromatic rings. The molecule has 0 spiro atoms. The SMILES string of the molecule is CNCC=Cc1ccc(O)c(-c2ccno2)c1. The molecule has 0 bridgehead atoms. The lowest BCUT2D eigenvalue weighted by molar-refractivity contribution is 0.426. The van der Waals surface area contributed by atoms with E-state index in [-0.39, 0.29) is 5.75 Å². The molecule has 0 aliphatic heterocycles. The van der Waals surface area contributed by atoms with Gasteiger partial charge < -0.3 is 14.9 Å². The third-order valence-corrected chi connectivity index (χ3v) is 2.36. The number of phenols is 1. The van der Waals surface area contributed by atoms with Crippen molar-refractivity contribution in [3.05, 3.63) is 42.1 Å². The van der Waals surface area contributed by atoms with E-state index in [4.69, 9.17) is 4.52 Å². The molecule has 2 rings (SSSR count). The first kappa shape index (κ1) is 11.4. The van der Waals surface area contributed by atoms with Gasteiger partial charge in [0.2, 0.25) is 0 Å². The van der Waals surface area contributed by atoms with Crippen LogP contribution in [0.4, 0.5) is 0 Å². The van der Waals surface area contributed by atoms with E-state index in [9.17, 15) is 5.11 Å². The van der Waals surface area contributed by atoms with Crippen LogP contribution in [0.3, 0.4) is 0 Å². The van der Waals surface area contributed by atoms with Crippen LogP contribution in [0.25, 0.3) is 17.4 Å². The van der Waals surface area contributed by atoms with Crippen LogP contribution in [0.15, 0.2) is 41.1 Å². The number of phenolic OH excluding ortho intramolecular Hbond substituents is 1. The van der Waals surface area contributed by atoms with Crippen molar-refractivity contribution in [3.63, 3.8) is 0 Å². The summed E-state index contributed by atoms with van der Waals surface area (Å²) in [5, 5.41) is 16.4. The van der Waals surface area contributed by atoms with Crippen molar-refractivity contribution < 1.29 is 9.63 Å². The van der Waals surface area contributed by atoms with Crippen molar-refractivity contribution in [2.45, 2.75) is 0 Å². The van der Waals surface area contributed by atoms with Crippen LogP contribution in [0.1, 0.15) is 5.56 Å². The van der Waals surface area contributed by atoms with Crippen LogP contribution in [0.2, 0.25) is 0 Å². The predicted molar refractivity (Wildman–Crippen MR) is 66.6 cm³/mol. The summed E-state index contributed by atoms with van der Waals surface area (Å²) < 4.78 is 5.03. The van der Waals surface area contributed by atoms with Crippen LogP contribution >= 0.6 is 0 Å². The van der Waals surface area contributed by atoms with E-state index in [1.165, 1.54) is 0 Å². The highest BCUT2D eigenvalue weighted by atomic mass is 16.5. The summed E-state index contributed by atoms with van der Waals surface area (Å²) in [6.45, 7) is 0.804. The van der Waals surface area contributed by atoms with Gasteiger partial charge in [0.15, 0.2) is 5.76 Å². The van der Waals surface area contributed by atoms with E-state index in [1.54, 1.807) is 18.3 Å². The maximum Gasteiger partial charge on any atom is 0.170 e. The van der Waals surface area contributed by atoms with E-state index in [1.807, 2.05) is 31.3 Å². The van der Waals surface area contributed by atoms with Crippen molar-refractivity contribution in [1.82, 2.24) is 10.5 Å². The molecule has 88 valence electrons. The van der Waals surface area contributed by atoms with Gasteiger partial charge >= 0.3 is 0 Å². The number of nitrogens with one attached hydrogen (secondary N) is 1. The fourth-order valence-corrected chi connectivity index (χ4v) is 1.52. The molecule has 0 amide bonds. The Balaban J connectivity index is 2.30. The number of likely N-dealkylation sites (N-methyl/N-ethyl adjacent to an activating group) is 1. The van der Waals surface area contributed by atoms with Gasteiger partial charge in [0.05, 0.1) is 11.8 Å². The number of nitrogens with zero attached hydrogens (tertiary/aromatic N) is 1. The fourth-order valence-electron chi connectivity index (χ4n) is 1.52. The Labute approximate surface area is 99.6 Å². The molecule has 1 aromatic carbocycles. The van der Waals surface area contributed by atoms with Crippen molar-refractivity contribution in [1.29, 1.82) is 0 Å². The van der Waals surface area contributed by atoms with Crippen LogP contribution in [-0.2, 0) is 0 Å². The molecular formula is C13H14N2O2. The molecule has 0 fully saturated rings. The third-order valence-electron chi connectivity index (χ3n) is 2.36. The van der Waals surface area contributed by atoms with Crippen LogP contribution in [0.5, 0.6) is 5.75 Å². The Morgan fingerprint density at radius 2 is 2.29 bits per heavy atom. The molecule has 4 nitrogen and oxygen atoms in total. The summed E-state index contributed by atoms with van der Waals surface area (Å²) in [4.78, 5) is 0. The molecule has 1 heterocycles. The zero-order chi connectivity index (χ0) is 12.1. The Morgan fingerprint density at radius 3 is 3.00 bits per heavy atom. The van der Waals surface area contributed by atoms with E-state index < -0.39 is 0 Å². The molecule has 0 saturated heterocycles. The molecule has 0 aliphatic carbocycles. The minimum absolute atomic E-state index is 0.188. The summed E-state index contributed by atoms with van der Waals surface area (Å²) in [6.07, 6.45) is 5.55. The largest absolute Gasteiger partial charge is 0.507 e. The average Bonchev–Trinajstić information content (AvgIpc) is 2.85. The van der Waals surface area contributed by atoms with Gasteiger partial charge in [0.1, 0.15) is 5.75 Å². The lowest BCUT2D eigenvalue weighted by Gasteiger charge is -2.02. The predicted octanol–water partition coefficient (Wildman–Crippen LogP) is 2.28. The first-order chi connectivity index (χ1) is 8.31. The van der Waals surface area contributed by atoms with Gasteiger partial charge in [-0.3, -0.25) is 0 Å². The van der Waals surface area contributed by atoms with Gasteiger partial charge in [0, 0.05) is 12.6 Å². The highest BCUT2D eigenvalue weighted by molar-refractivity contribution is 5.69. The van der Waals surface area contributed by atoms with E-state index >= 15 is 0 Å². The fraction of sp³-hybridized carbons (Fsp3) is 0.154. The Kier molecular flexibility index (Phi) is 3.57. The Morgan fingerprint density at radius 1 is 1.41 bits per heavy atom. The first-order valence-corrected chi connectivity index (χ1v) is 5.36. The standard InChI is InChI=1S/C13H14N2O2/c1-14-7-2-3-10-4-5-12(16)11(9-10)13-6-8-15-17-13/h2-6,8-9,14,16H,7H2,1H3. The smallest absolute Gasteiger partial charge is 0.170 e. The molecule has 1 aromatic heterocycles. The highest BCUT2D eigenvalue weighted by Gasteiger charge is 2.07. The third kappa shape index (κ3) is 2.73. The van der Waals surface area contributed by atoms with E-state index in [0.29, 0.717) is 11.3 Å². The Bertz CT molecular complexity index is 504. The number of aromatic nitrogens is 1. The van der Waals surface area contributed by atoms with Gasteiger partial charge in [-0.25, -0.2) is 0 Å². The van der Waals surface area contributed by atoms with Gasteiger partial charge in [-0.05, 0) is 24.7 Å². The summed E-state index contributed by atoms with van der Waals surface area (Å²) >= 11 is 0. The maximum atomic E-state index is 9.75. The molecule has 17 heavy (non-hydrogen) atoms. The number of rotatable bonds is 4. The van der Waals surface area contributed by atoms with Crippen molar-refractivity contribution in [2.75, 3.05) is 13.6 Å². The maximum absolute atomic E-state index is 9.75. The topological polar surface area (TPSA) is 58.3 Å². The summed E-state index contributed by atoms with van der Waals surface area (Å²) in [7, 11) is 1.89. The molecule has 0 saturated carbocycles. The number of hydrogen-bond acceptors (Lipinski definition) is 4. The second-order valence-electron chi connectivity index (χ2n) is 3.61. The van der Waals surface area contributed by atoms with Crippen molar-refractivity contribution >= 4 is 6.08 Å². The summed E-state index contributed by atoms with van der Waals surface area (Å²) in [5.41, 5.74) is 1.65. The van der Waals surface area contributed by atoms with Gasteiger partial charge in [-0.15, -0.1) is 0 Å². The average molecular weight is 230 g/mol. The number of hydrogen-bond donors (Lipinski definition) is 2. The zero-order valence-corrected chi connectivity index (χ0v) is 9.55. The van der Waals surface area contributed by atoms with E-state index in [0.717, 1.165) is 12.1 Å². The minimum Gasteiger partial charge on any atom is -0.507 e. The Hall–Kier alpha value is -2.07. The minimum atomic E-state index is 0.188. The molecule has 0 aliphatic rings. The van der Waals surface area contributed by atoms with E-state index in [2.05, 4.69) is 10.5 Å². The summed E-state index contributed by atoms with van der Waals surface area (Å²) in [6, 6.07) is 7.08. The van der Waals surface area contributed by atoms with Crippen LogP contribution in [-0.4, -0.2) is 23.9 Å². The molecule has 0 unspecified atom stereocenters. The molecule has 0 radical (unpaired) electrons. The van der Waals surface area contributed by atoms with Crippen molar-refractivity contribution in [3.8, 4) is 17.1 Å². The lowest BCUT2D eigenvalue weighted by Crippen LogP contribution is -2.03. The normalized spacial score (nSPS) is 11.1. The molecule has 4 heteroatoms. The van der Waals surface area contributed by atoms with Gasteiger partial charge in [-0.2, -0.15) is 0 Å². The quantitative estimate of drug-likeness (QED) is 0.846. The lowest BCUT2D eigenvalue weighted by atomic mass is 10.1. The highest BCUT2D eigenvalue weighted by Crippen LogP contribution is 2.29. The van der Waals surface area contributed by atoms with Crippen LogP contribution < -0.4 is 5.32 Å². The second-order valence-corrected chi connectivity index (χ2v) is 3.61. The van der Waals surface area contributed by atoms with Gasteiger partial charge in [-0.1, -0.05) is 23.4 Å². The van der Waals surface area contributed by atoms with Crippen LogP contribution in [0, 0.1) is 0 Å². The molecule has 2 N–H and O–H groups in total. The molecule has 0 atom stereocenters.